The average molecular weight is 876 g/mol. The fourth-order valence-electron chi connectivity index (χ4n) is 8.76. The van der Waals surface area contributed by atoms with Crippen LogP contribution < -0.4 is 5.32 Å². The summed E-state index contributed by atoms with van der Waals surface area (Å²) in [6.07, 6.45) is 60.6. The van der Waals surface area contributed by atoms with Gasteiger partial charge in [0.1, 0.15) is 0 Å². The number of aliphatic hydroxyl groups is 2. The molecule has 0 fully saturated rings. The molecule has 0 bridgehead atoms. The number of ether oxygens (including phenoxy) is 1. The molecule has 6 heteroatoms. The van der Waals surface area contributed by atoms with E-state index in [1.807, 2.05) is 0 Å². The molecule has 3 N–H and O–H groups in total. The lowest BCUT2D eigenvalue weighted by Crippen LogP contribution is -2.45. The number of hydrogen-bond acceptors (Lipinski definition) is 5. The minimum atomic E-state index is -0.695. The Kier molecular flexibility index (Phi) is 51.0. The van der Waals surface area contributed by atoms with Gasteiger partial charge in [-0.25, -0.2) is 0 Å². The van der Waals surface area contributed by atoms with E-state index in [0.717, 1.165) is 70.6 Å². The lowest BCUT2D eigenvalue weighted by molar-refractivity contribution is -0.143. The van der Waals surface area contributed by atoms with Crippen LogP contribution >= 0.6 is 0 Å². The third-order valence-electron chi connectivity index (χ3n) is 13.1. The largest absolute Gasteiger partial charge is 0.466 e. The van der Waals surface area contributed by atoms with Crippen LogP contribution in [0.1, 0.15) is 309 Å². The number of carbonyl (C=O) groups is 2. The smallest absolute Gasteiger partial charge is 0.305 e. The molecule has 0 radical (unpaired) electrons. The van der Waals surface area contributed by atoms with E-state index in [1.54, 1.807) is 0 Å². The summed E-state index contributed by atoms with van der Waals surface area (Å²) in [5.74, 6) is -0.124. The second kappa shape index (κ2) is 52.2. The fourth-order valence-corrected chi connectivity index (χ4v) is 8.76. The number of unbranched alkanes of at least 4 members (excludes halogenated alkanes) is 39. The first-order valence-electron chi connectivity index (χ1n) is 27.9. The first-order valence-corrected chi connectivity index (χ1v) is 27.9. The van der Waals surface area contributed by atoms with Crippen molar-refractivity contribution in [2.75, 3.05) is 13.2 Å². The highest BCUT2D eigenvalue weighted by Crippen LogP contribution is 2.17. The number of aliphatic hydroxyl groups excluding tert-OH is 2. The monoisotopic (exact) mass is 876 g/mol. The number of carbonyl (C=O) groups excluding carboxylic acids is 2. The van der Waals surface area contributed by atoms with E-state index in [4.69, 9.17) is 4.74 Å². The summed E-state index contributed by atoms with van der Waals surface area (Å²) in [6.45, 7) is 4.89. The van der Waals surface area contributed by atoms with Gasteiger partial charge >= 0.3 is 5.97 Å². The van der Waals surface area contributed by atoms with Crippen LogP contribution in [-0.4, -0.2) is 47.4 Å². The number of esters is 1. The van der Waals surface area contributed by atoms with Crippen molar-refractivity contribution < 1.29 is 24.5 Å². The van der Waals surface area contributed by atoms with Gasteiger partial charge in [0.2, 0.25) is 5.91 Å². The van der Waals surface area contributed by atoms with Gasteiger partial charge in [0.15, 0.2) is 0 Å². The van der Waals surface area contributed by atoms with E-state index >= 15 is 0 Å². The van der Waals surface area contributed by atoms with Crippen LogP contribution in [-0.2, 0) is 14.3 Å². The van der Waals surface area contributed by atoms with Crippen molar-refractivity contribution >= 4 is 11.9 Å². The van der Waals surface area contributed by atoms with Gasteiger partial charge in [-0.15, -0.1) is 0 Å². The Morgan fingerprint density at radius 2 is 0.774 bits per heavy atom. The summed E-state index contributed by atoms with van der Waals surface area (Å²) in [5.41, 5.74) is 0. The zero-order chi connectivity index (χ0) is 45.1. The fraction of sp³-hybridized carbons (Fsp3) is 0.929. The predicted octanol–water partition coefficient (Wildman–Crippen LogP) is 16.9. The molecule has 0 aliphatic rings. The Morgan fingerprint density at radius 1 is 0.435 bits per heavy atom. The van der Waals surface area contributed by atoms with Crippen molar-refractivity contribution in [3.63, 3.8) is 0 Å². The standard InChI is InChI=1S/C56H109NO5/c1-3-5-7-9-11-13-15-17-19-20-21-22-23-24-26-27-29-32-36-40-44-48-54(59)53(52-58)57-55(60)49-45-41-37-33-31-35-39-43-47-51-62-56(61)50-46-42-38-34-30-28-25-18-16-14-12-10-8-6-4-2/h33,37,53-54,58-59H,3-32,34-36,38-52H2,1-2H3,(H,57,60)/b37-33-. The van der Waals surface area contributed by atoms with E-state index in [1.165, 1.54) is 205 Å². The van der Waals surface area contributed by atoms with E-state index in [9.17, 15) is 19.8 Å². The molecule has 2 unspecified atom stereocenters. The first-order chi connectivity index (χ1) is 30.5. The SMILES string of the molecule is CCCCCCCCCCCCCCCCCCCCCCCC(O)C(CO)NC(=O)CCC/C=C\CCCCCCOC(=O)CCCCCCCCCCCCCCCCC. The summed E-state index contributed by atoms with van der Waals surface area (Å²) in [4.78, 5) is 24.5. The van der Waals surface area contributed by atoms with Crippen molar-refractivity contribution in [3.8, 4) is 0 Å². The highest BCUT2D eigenvalue weighted by Gasteiger charge is 2.20. The summed E-state index contributed by atoms with van der Waals surface area (Å²) in [7, 11) is 0. The summed E-state index contributed by atoms with van der Waals surface area (Å²) in [6, 6.07) is -0.578. The Balaban J connectivity index is 3.51. The zero-order valence-electron chi connectivity index (χ0n) is 41.9. The quantitative estimate of drug-likeness (QED) is 0.0321. The second-order valence-corrected chi connectivity index (χ2v) is 19.3. The minimum Gasteiger partial charge on any atom is -0.466 e. The van der Waals surface area contributed by atoms with Gasteiger partial charge in [-0.05, 0) is 44.9 Å². The molecule has 1 amide bonds. The molecule has 0 heterocycles. The number of allylic oxidation sites excluding steroid dienone is 2. The molecule has 0 aromatic heterocycles. The van der Waals surface area contributed by atoms with Gasteiger partial charge in [-0.2, -0.15) is 0 Å². The first kappa shape index (κ1) is 60.6. The highest BCUT2D eigenvalue weighted by atomic mass is 16.5. The Labute approximate surface area is 387 Å². The molecular formula is C56H109NO5. The summed E-state index contributed by atoms with van der Waals surface area (Å²) in [5, 5.41) is 23.3. The minimum absolute atomic E-state index is 0.0318. The van der Waals surface area contributed by atoms with Crippen LogP contribution in [0.25, 0.3) is 0 Å². The van der Waals surface area contributed by atoms with E-state index < -0.39 is 12.1 Å². The van der Waals surface area contributed by atoms with Crippen molar-refractivity contribution in [2.45, 2.75) is 321 Å². The molecule has 0 aliphatic carbocycles. The lowest BCUT2D eigenvalue weighted by Gasteiger charge is -2.22. The lowest BCUT2D eigenvalue weighted by atomic mass is 10.0. The van der Waals surface area contributed by atoms with Crippen LogP contribution in [0.3, 0.4) is 0 Å². The molecule has 2 atom stereocenters. The number of nitrogens with one attached hydrogen (secondary N) is 1. The van der Waals surface area contributed by atoms with E-state index in [2.05, 4.69) is 31.3 Å². The van der Waals surface area contributed by atoms with Gasteiger partial charge in [-0.3, -0.25) is 9.59 Å². The summed E-state index contributed by atoms with van der Waals surface area (Å²) >= 11 is 0. The highest BCUT2D eigenvalue weighted by molar-refractivity contribution is 5.76. The van der Waals surface area contributed by atoms with Crippen LogP contribution in [0.2, 0.25) is 0 Å². The molecule has 0 aromatic rings. The second-order valence-electron chi connectivity index (χ2n) is 19.3. The van der Waals surface area contributed by atoms with Crippen LogP contribution in [0.4, 0.5) is 0 Å². The maximum absolute atomic E-state index is 12.5. The zero-order valence-corrected chi connectivity index (χ0v) is 41.9. The van der Waals surface area contributed by atoms with Gasteiger partial charge < -0.3 is 20.3 Å². The van der Waals surface area contributed by atoms with E-state index in [0.29, 0.717) is 25.9 Å². The molecule has 0 saturated carbocycles. The van der Waals surface area contributed by atoms with Gasteiger partial charge in [0.05, 0.1) is 25.4 Å². The number of amides is 1. The molecular weight excluding hydrogens is 767 g/mol. The molecule has 0 saturated heterocycles. The van der Waals surface area contributed by atoms with E-state index in [-0.39, 0.29) is 18.5 Å². The topological polar surface area (TPSA) is 95.9 Å². The Bertz CT molecular complexity index is 924. The molecule has 6 nitrogen and oxygen atoms in total. The van der Waals surface area contributed by atoms with Crippen molar-refractivity contribution in [1.82, 2.24) is 5.32 Å². The third-order valence-corrected chi connectivity index (χ3v) is 13.1. The molecule has 368 valence electrons. The molecule has 0 spiro atoms. The third kappa shape index (κ3) is 48.1. The molecule has 62 heavy (non-hydrogen) atoms. The maximum Gasteiger partial charge on any atom is 0.305 e. The Hall–Kier alpha value is -1.40. The molecule has 0 aromatic carbocycles. The van der Waals surface area contributed by atoms with Crippen molar-refractivity contribution in [2.24, 2.45) is 0 Å². The van der Waals surface area contributed by atoms with Crippen molar-refractivity contribution in [1.29, 1.82) is 0 Å². The molecule has 0 rings (SSSR count). The number of rotatable bonds is 52. The normalized spacial score (nSPS) is 12.6. The van der Waals surface area contributed by atoms with Crippen molar-refractivity contribution in [3.05, 3.63) is 12.2 Å². The van der Waals surface area contributed by atoms with Crippen LogP contribution in [0.5, 0.6) is 0 Å². The Morgan fingerprint density at radius 3 is 1.18 bits per heavy atom. The van der Waals surface area contributed by atoms with Crippen LogP contribution in [0, 0.1) is 0 Å². The van der Waals surface area contributed by atoms with Crippen LogP contribution in [0.15, 0.2) is 12.2 Å². The number of hydrogen-bond donors (Lipinski definition) is 3. The van der Waals surface area contributed by atoms with Gasteiger partial charge in [0, 0.05) is 12.8 Å². The maximum atomic E-state index is 12.5. The molecule has 0 aliphatic heterocycles. The van der Waals surface area contributed by atoms with Gasteiger partial charge in [-0.1, -0.05) is 264 Å². The summed E-state index contributed by atoms with van der Waals surface area (Å²) < 4.78 is 5.45. The average Bonchev–Trinajstić information content (AvgIpc) is 3.27. The van der Waals surface area contributed by atoms with Gasteiger partial charge in [0.25, 0.3) is 0 Å². The predicted molar refractivity (Wildman–Crippen MR) is 269 cm³/mol.